The van der Waals surface area contributed by atoms with Gasteiger partial charge < -0.3 is 4.55 Å². The van der Waals surface area contributed by atoms with Crippen LogP contribution in [0.2, 0.25) is 0 Å². The van der Waals surface area contributed by atoms with Crippen molar-refractivity contribution in [3.05, 3.63) is 96.7 Å². The molecule has 0 amide bonds. The number of rotatable bonds is 6. The molecular weight excluding hydrogens is 402 g/mol. The minimum absolute atomic E-state index is 0.211. The molecule has 156 valence electrons. The zero-order valence-electron chi connectivity index (χ0n) is 17.3. The van der Waals surface area contributed by atoms with Crippen molar-refractivity contribution in [2.24, 2.45) is 0 Å². The number of aromatic nitrogens is 1. The van der Waals surface area contributed by atoms with Crippen LogP contribution in [0.3, 0.4) is 0 Å². The van der Waals surface area contributed by atoms with Crippen LogP contribution < -0.4 is 4.72 Å². The van der Waals surface area contributed by atoms with Crippen molar-refractivity contribution in [3.63, 3.8) is 0 Å². The molecule has 1 saturated heterocycles. The Kier molecular flexibility index (Phi) is 6.00. The number of hydrogen-bond acceptors (Lipinski definition) is 4. The maximum absolute atomic E-state index is 13.0. The second-order valence-electron chi connectivity index (χ2n) is 8.00. The van der Waals surface area contributed by atoms with Crippen LogP contribution in [0.5, 0.6) is 0 Å². The summed E-state index contributed by atoms with van der Waals surface area (Å²) in [6.45, 7) is 2.81. The van der Waals surface area contributed by atoms with Crippen LogP contribution in [-0.4, -0.2) is 33.6 Å². The van der Waals surface area contributed by atoms with E-state index in [1.165, 1.54) is 16.7 Å². The molecule has 0 aliphatic carbocycles. The number of nitrogens with zero attached hydrogens (tertiary/aromatic N) is 2. The lowest BCUT2D eigenvalue weighted by Crippen LogP contribution is -2.37. The summed E-state index contributed by atoms with van der Waals surface area (Å²) >= 11 is -1.27. The molecule has 1 aliphatic heterocycles. The molecule has 1 fully saturated rings. The SMILES string of the molecule is [O-][S@+](N[C@@H]1CCN(Cc2ccc(-c3ccccc3)cc2)C1)c1cccc2cccnc12. The average Bonchev–Trinajstić information content (AvgIpc) is 3.26. The molecule has 1 aromatic heterocycles. The predicted molar refractivity (Wildman–Crippen MR) is 127 cm³/mol. The van der Waals surface area contributed by atoms with Crippen LogP contribution in [-0.2, 0) is 17.9 Å². The van der Waals surface area contributed by atoms with Gasteiger partial charge in [-0.3, -0.25) is 9.88 Å². The molecule has 5 rings (SSSR count). The molecule has 1 aliphatic rings. The number of fused-ring (bicyclic) bond motifs is 1. The van der Waals surface area contributed by atoms with Crippen LogP contribution in [0.4, 0.5) is 0 Å². The van der Waals surface area contributed by atoms with Crippen molar-refractivity contribution < 1.29 is 4.55 Å². The van der Waals surface area contributed by atoms with Crippen molar-refractivity contribution in [1.82, 2.24) is 14.6 Å². The third kappa shape index (κ3) is 4.65. The summed E-state index contributed by atoms with van der Waals surface area (Å²) in [5.41, 5.74) is 4.60. The van der Waals surface area contributed by atoms with Crippen LogP contribution in [0.15, 0.2) is 96.0 Å². The van der Waals surface area contributed by atoms with Crippen molar-refractivity contribution >= 4 is 22.3 Å². The van der Waals surface area contributed by atoms with E-state index < -0.39 is 11.4 Å². The normalized spacial score (nSPS) is 17.8. The Hall–Kier alpha value is -2.70. The van der Waals surface area contributed by atoms with E-state index in [4.69, 9.17) is 0 Å². The standard InChI is InChI=1S/C26H25N3OS/c30-31(25-10-4-8-23-9-5-16-27-26(23)25)28-24-15-17-29(19-24)18-20-11-13-22(14-12-20)21-6-2-1-3-7-21/h1-14,16,24,28H,15,17-19H2/t24-,31+/m1/s1. The molecule has 1 N–H and O–H groups in total. The predicted octanol–water partition coefficient (Wildman–Crippen LogP) is 4.79. The maximum Gasteiger partial charge on any atom is 0.200 e. The van der Waals surface area contributed by atoms with E-state index in [2.05, 4.69) is 63.1 Å². The van der Waals surface area contributed by atoms with Crippen molar-refractivity contribution in [2.45, 2.75) is 23.9 Å². The maximum atomic E-state index is 13.0. The van der Waals surface area contributed by atoms with Crippen molar-refractivity contribution in [1.29, 1.82) is 0 Å². The number of pyridine rings is 1. The van der Waals surface area contributed by atoms with Crippen LogP contribution in [0, 0.1) is 0 Å². The quantitative estimate of drug-likeness (QED) is 0.450. The number of hydrogen-bond donors (Lipinski definition) is 1. The Morgan fingerprint density at radius 2 is 1.68 bits per heavy atom. The molecule has 4 aromatic rings. The van der Waals surface area contributed by atoms with Gasteiger partial charge in [-0.25, -0.2) is 0 Å². The zero-order chi connectivity index (χ0) is 21.0. The van der Waals surface area contributed by atoms with E-state index in [1.807, 2.05) is 36.4 Å². The number of likely N-dealkylation sites (tertiary alicyclic amines) is 1. The van der Waals surface area contributed by atoms with Gasteiger partial charge in [0, 0.05) is 31.2 Å². The third-order valence-corrected chi connectivity index (χ3v) is 7.09. The highest BCUT2D eigenvalue weighted by molar-refractivity contribution is 7.89. The first kappa shape index (κ1) is 20.2. The summed E-state index contributed by atoms with van der Waals surface area (Å²) in [5, 5.41) is 1.02. The zero-order valence-corrected chi connectivity index (χ0v) is 18.1. The molecule has 4 nitrogen and oxygen atoms in total. The molecular formula is C26H25N3OS. The van der Waals surface area contributed by atoms with Crippen molar-refractivity contribution in [3.8, 4) is 11.1 Å². The smallest absolute Gasteiger partial charge is 0.200 e. The summed E-state index contributed by atoms with van der Waals surface area (Å²) < 4.78 is 16.3. The molecule has 0 radical (unpaired) electrons. The van der Waals surface area contributed by atoms with Gasteiger partial charge >= 0.3 is 0 Å². The molecule has 0 saturated carbocycles. The average molecular weight is 428 g/mol. The highest BCUT2D eigenvalue weighted by Gasteiger charge is 2.28. The van der Waals surface area contributed by atoms with E-state index in [1.54, 1.807) is 6.20 Å². The lowest BCUT2D eigenvalue weighted by molar-refractivity contribution is 0.324. The first-order valence-electron chi connectivity index (χ1n) is 10.6. The van der Waals surface area contributed by atoms with Gasteiger partial charge in [0.1, 0.15) is 5.52 Å². The molecule has 2 heterocycles. The Balaban J connectivity index is 1.19. The molecule has 5 heteroatoms. The second kappa shape index (κ2) is 9.20. The largest absolute Gasteiger partial charge is 0.593 e. The van der Waals surface area contributed by atoms with E-state index in [0.717, 1.165) is 41.9 Å². The minimum atomic E-state index is -1.27. The lowest BCUT2D eigenvalue weighted by Gasteiger charge is -2.18. The van der Waals surface area contributed by atoms with Crippen molar-refractivity contribution in [2.75, 3.05) is 13.1 Å². The van der Waals surface area contributed by atoms with Gasteiger partial charge in [-0.05, 0) is 35.2 Å². The summed E-state index contributed by atoms with van der Waals surface area (Å²) in [6.07, 6.45) is 2.75. The molecule has 3 aromatic carbocycles. The van der Waals surface area contributed by atoms with Gasteiger partial charge in [0.25, 0.3) is 0 Å². The molecule has 0 unspecified atom stereocenters. The number of para-hydroxylation sites is 1. The molecule has 0 spiro atoms. The van der Waals surface area contributed by atoms with Crippen LogP contribution in [0.1, 0.15) is 12.0 Å². The fourth-order valence-electron chi connectivity index (χ4n) is 4.20. The van der Waals surface area contributed by atoms with Crippen LogP contribution in [0.25, 0.3) is 22.0 Å². The number of nitrogens with one attached hydrogen (secondary N) is 1. The van der Waals surface area contributed by atoms with Crippen LogP contribution >= 0.6 is 0 Å². The Bertz CT molecular complexity index is 1140. The second-order valence-corrected chi connectivity index (χ2v) is 9.21. The summed E-state index contributed by atoms with van der Waals surface area (Å²) in [5.74, 6) is 0. The van der Waals surface area contributed by atoms with Gasteiger partial charge in [-0.2, -0.15) is 0 Å². The lowest BCUT2D eigenvalue weighted by atomic mass is 10.0. The van der Waals surface area contributed by atoms with Gasteiger partial charge in [-0.1, -0.05) is 72.8 Å². The molecule has 2 atom stereocenters. The van der Waals surface area contributed by atoms with Gasteiger partial charge in [-0.15, -0.1) is 4.72 Å². The third-order valence-electron chi connectivity index (χ3n) is 5.81. The fraction of sp³-hybridized carbons (Fsp3) is 0.192. The van der Waals surface area contributed by atoms with E-state index in [0.29, 0.717) is 0 Å². The molecule has 0 bridgehead atoms. The van der Waals surface area contributed by atoms with Gasteiger partial charge in [0.2, 0.25) is 0 Å². The highest BCUT2D eigenvalue weighted by Crippen LogP contribution is 2.23. The van der Waals surface area contributed by atoms with Gasteiger partial charge in [0.15, 0.2) is 4.90 Å². The van der Waals surface area contributed by atoms with Gasteiger partial charge in [0.05, 0.1) is 17.4 Å². The minimum Gasteiger partial charge on any atom is -0.593 e. The Labute approximate surface area is 186 Å². The van der Waals surface area contributed by atoms with E-state index >= 15 is 0 Å². The Morgan fingerprint density at radius 1 is 0.903 bits per heavy atom. The summed E-state index contributed by atoms with van der Waals surface area (Å²) in [6, 6.07) is 29.2. The Morgan fingerprint density at radius 3 is 2.52 bits per heavy atom. The van der Waals surface area contributed by atoms with E-state index in [9.17, 15) is 4.55 Å². The monoisotopic (exact) mass is 427 g/mol. The first-order valence-corrected chi connectivity index (χ1v) is 11.8. The first-order chi connectivity index (χ1) is 15.3. The van der Waals surface area contributed by atoms with E-state index in [-0.39, 0.29) is 6.04 Å². The summed E-state index contributed by atoms with van der Waals surface area (Å²) in [4.78, 5) is 7.61. The highest BCUT2D eigenvalue weighted by atomic mass is 32.2. The fourth-order valence-corrected chi connectivity index (χ4v) is 5.37. The topological polar surface area (TPSA) is 51.2 Å². The number of benzene rings is 3. The molecule has 31 heavy (non-hydrogen) atoms. The summed E-state index contributed by atoms with van der Waals surface area (Å²) in [7, 11) is 0.